The van der Waals surface area contributed by atoms with E-state index in [0.29, 0.717) is 23.3 Å². The number of hydrogen-bond donors (Lipinski definition) is 1. The first kappa shape index (κ1) is 14.7. The van der Waals surface area contributed by atoms with Gasteiger partial charge in [0.1, 0.15) is 5.52 Å². The van der Waals surface area contributed by atoms with E-state index in [4.69, 9.17) is 4.74 Å². The molecular weight excluding hydrogens is 328 g/mol. The number of halogens is 2. The Kier molecular flexibility index (Phi) is 3.03. The molecule has 2 bridgehead atoms. The predicted octanol–water partition coefficient (Wildman–Crippen LogP) is 2.99. The molecule has 128 valence electrons. The third-order valence-electron chi connectivity index (χ3n) is 4.94. The lowest BCUT2D eigenvalue weighted by molar-refractivity contribution is -0.133. The van der Waals surface area contributed by atoms with Crippen molar-refractivity contribution >= 4 is 16.6 Å². The minimum absolute atomic E-state index is 0.0549. The van der Waals surface area contributed by atoms with Crippen molar-refractivity contribution in [2.75, 3.05) is 18.0 Å². The first-order valence-electron chi connectivity index (χ1n) is 8.15. The number of hydrogen-bond acceptors (Lipinski definition) is 4. The summed E-state index contributed by atoms with van der Waals surface area (Å²) in [5.41, 5.74) is 1.77. The summed E-state index contributed by atoms with van der Waals surface area (Å²) in [6.07, 6.45) is 3.15. The van der Waals surface area contributed by atoms with Crippen molar-refractivity contribution in [3.05, 3.63) is 48.2 Å². The zero-order valence-corrected chi connectivity index (χ0v) is 13.2. The first-order valence-corrected chi connectivity index (χ1v) is 8.15. The molecule has 2 unspecified atom stereocenters. The van der Waals surface area contributed by atoms with Crippen LogP contribution in [0.5, 0.6) is 5.75 Å². The molecule has 0 radical (unpaired) electrons. The molecule has 0 spiro atoms. The minimum atomic E-state index is -1.01. The number of phenols is 1. The van der Waals surface area contributed by atoms with Crippen LogP contribution in [0.25, 0.3) is 16.6 Å². The second-order valence-electron chi connectivity index (χ2n) is 6.55. The number of aromatic nitrogens is 2. The first-order chi connectivity index (χ1) is 12.1. The molecule has 5 nitrogen and oxygen atoms in total. The van der Waals surface area contributed by atoms with Gasteiger partial charge in [-0.2, -0.15) is 5.10 Å². The van der Waals surface area contributed by atoms with Crippen LogP contribution in [0.2, 0.25) is 0 Å². The Labute approximate surface area is 142 Å². The number of morpholine rings is 1. The van der Waals surface area contributed by atoms with E-state index in [1.165, 1.54) is 10.9 Å². The van der Waals surface area contributed by atoms with Gasteiger partial charge >= 0.3 is 0 Å². The Balaban J connectivity index is 1.51. The average Bonchev–Trinajstić information content (AvgIpc) is 3.03. The molecule has 3 fully saturated rings. The molecule has 0 amide bonds. The molecule has 25 heavy (non-hydrogen) atoms. The highest BCUT2D eigenvalue weighted by Gasteiger charge is 2.38. The monoisotopic (exact) mass is 343 g/mol. The van der Waals surface area contributed by atoms with Gasteiger partial charge < -0.3 is 14.7 Å². The number of fused-ring (bicyclic) bond motifs is 3. The summed E-state index contributed by atoms with van der Waals surface area (Å²) in [6.45, 7) is 1.75. The number of aromatic hydroxyl groups is 1. The van der Waals surface area contributed by atoms with Crippen LogP contribution in [0.4, 0.5) is 14.5 Å². The SMILES string of the molecule is Oc1c(F)cc2cnn(-c3ccc(N4CC5CC(C4)O5)cc3)c2c1F. The van der Waals surface area contributed by atoms with E-state index < -0.39 is 17.4 Å². The van der Waals surface area contributed by atoms with Crippen molar-refractivity contribution in [3.8, 4) is 11.4 Å². The maximum atomic E-state index is 14.3. The zero-order valence-electron chi connectivity index (χ0n) is 13.2. The molecule has 0 saturated carbocycles. The molecule has 3 saturated heterocycles. The Hall–Kier alpha value is -2.67. The van der Waals surface area contributed by atoms with Crippen LogP contribution in [0.3, 0.4) is 0 Å². The molecule has 6 rings (SSSR count). The molecule has 1 aromatic heterocycles. The molecule has 3 aliphatic heterocycles. The summed E-state index contributed by atoms with van der Waals surface area (Å²) in [7, 11) is 0. The molecule has 3 aliphatic rings. The summed E-state index contributed by atoms with van der Waals surface area (Å²) >= 11 is 0. The number of rotatable bonds is 2. The molecule has 1 N–H and O–H groups in total. The Morgan fingerprint density at radius 2 is 1.72 bits per heavy atom. The van der Waals surface area contributed by atoms with Gasteiger partial charge in [0.15, 0.2) is 17.4 Å². The third-order valence-corrected chi connectivity index (χ3v) is 4.94. The zero-order chi connectivity index (χ0) is 17.1. The number of phenolic OH excluding ortho intramolecular Hbond substituents is 1. The van der Waals surface area contributed by atoms with E-state index in [-0.39, 0.29) is 5.52 Å². The molecule has 4 heterocycles. The summed E-state index contributed by atoms with van der Waals surface area (Å²) < 4.78 is 34.8. The lowest BCUT2D eigenvalue weighted by atomic mass is 9.98. The maximum absolute atomic E-state index is 14.3. The number of nitrogens with zero attached hydrogens (tertiary/aromatic N) is 3. The molecule has 3 aromatic rings. The summed E-state index contributed by atoms with van der Waals surface area (Å²) in [6, 6.07) is 8.65. The number of anilines is 1. The van der Waals surface area contributed by atoms with Crippen molar-refractivity contribution in [2.45, 2.75) is 18.6 Å². The quantitative estimate of drug-likeness (QED) is 0.777. The molecule has 0 aliphatic carbocycles. The van der Waals surface area contributed by atoms with Gasteiger partial charge in [-0.15, -0.1) is 0 Å². The Morgan fingerprint density at radius 3 is 2.40 bits per heavy atom. The van der Waals surface area contributed by atoms with E-state index in [1.54, 1.807) is 0 Å². The molecule has 2 aromatic carbocycles. The van der Waals surface area contributed by atoms with Crippen molar-refractivity contribution in [3.63, 3.8) is 0 Å². The van der Waals surface area contributed by atoms with Gasteiger partial charge in [-0.3, -0.25) is 0 Å². The van der Waals surface area contributed by atoms with Crippen LogP contribution in [0.15, 0.2) is 36.5 Å². The van der Waals surface area contributed by atoms with Gasteiger partial charge in [-0.25, -0.2) is 13.5 Å². The fraction of sp³-hybridized carbons (Fsp3) is 0.278. The van der Waals surface area contributed by atoms with E-state index in [1.807, 2.05) is 24.3 Å². The van der Waals surface area contributed by atoms with Gasteiger partial charge in [-0.1, -0.05) is 0 Å². The van der Waals surface area contributed by atoms with Crippen LogP contribution in [0, 0.1) is 11.6 Å². The second-order valence-corrected chi connectivity index (χ2v) is 6.55. The number of ether oxygens (including phenoxy) is 1. The minimum Gasteiger partial charge on any atom is -0.503 e. The van der Waals surface area contributed by atoms with Crippen molar-refractivity contribution < 1.29 is 18.6 Å². The van der Waals surface area contributed by atoms with Crippen LogP contribution in [0.1, 0.15) is 6.42 Å². The van der Waals surface area contributed by atoms with E-state index >= 15 is 0 Å². The van der Waals surface area contributed by atoms with E-state index in [2.05, 4.69) is 10.00 Å². The van der Waals surface area contributed by atoms with Gasteiger partial charge in [0, 0.05) is 30.6 Å². The van der Waals surface area contributed by atoms with Crippen molar-refractivity contribution in [1.82, 2.24) is 9.78 Å². The largest absolute Gasteiger partial charge is 0.503 e. The van der Waals surface area contributed by atoms with E-state index in [0.717, 1.165) is 31.3 Å². The maximum Gasteiger partial charge on any atom is 0.194 e. The van der Waals surface area contributed by atoms with E-state index in [9.17, 15) is 13.9 Å². The number of piperidine rings is 1. The summed E-state index contributed by atoms with van der Waals surface area (Å²) in [4.78, 5) is 2.27. The topological polar surface area (TPSA) is 50.5 Å². The van der Waals surface area contributed by atoms with Crippen LogP contribution in [-0.4, -0.2) is 40.2 Å². The molecule has 7 heteroatoms. The van der Waals surface area contributed by atoms with Gasteiger partial charge in [0.05, 0.1) is 24.1 Å². The summed E-state index contributed by atoms with van der Waals surface area (Å²) in [5.74, 6) is -2.99. The van der Waals surface area contributed by atoms with Gasteiger partial charge in [0.25, 0.3) is 0 Å². The normalized spacial score (nSPS) is 22.2. The lowest BCUT2D eigenvalue weighted by Gasteiger charge is -2.48. The van der Waals surface area contributed by atoms with Gasteiger partial charge in [-0.05, 0) is 30.3 Å². The standard InChI is InChI=1S/C18H15F2N3O2/c19-15-5-10-7-21-23(17(10)16(20)18(15)24)12-3-1-11(2-4-12)22-8-13-6-14(9-22)25-13/h1-5,7,13-14,24H,6,8-9H2. The van der Waals surface area contributed by atoms with Gasteiger partial charge in [0.2, 0.25) is 0 Å². The summed E-state index contributed by atoms with van der Waals surface area (Å²) in [5, 5.41) is 14.0. The van der Waals surface area contributed by atoms with Crippen molar-refractivity contribution in [1.29, 1.82) is 0 Å². The van der Waals surface area contributed by atoms with Crippen molar-refractivity contribution in [2.24, 2.45) is 0 Å². The molecular formula is C18H15F2N3O2. The highest BCUT2D eigenvalue weighted by molar-refractivity contribution is 5.82. The Morgan fingerprint density at radius 1 is 1.08 bits per heavy atom. The van der Waals surface area contributed by atoms with Crippen LogP contribution in [-0.2, 0) is 4.74 Å². The van der Waals surface area contributed by atoms with Crippen LogP contribution >= 0.6 is 0 Å². The molecule has 2 atom stereocenters. The number of benzene rings is 2. The smallest absolute Gasteiger partial charge is 0.194 e. The predicted molar refractivity (Wildman–Crippen MR) is 88.1 cm³/mol. The highest BCUT2D eigenvalue weighted by Crippen LogP contribution is 2.33. The lowest BCUT2D eigenvalue weighted by Crippen LogP contribution is -2.57. The highest BCUT2D eigenvalue weighted by atomic mass is 19.1. The average molecular weight is 343 g/mol. The fourth-order valence-electron chi connectivity index (χ4n) is 3.68. The second kappa shape index (κ2) is 5.16. The van der Waals surface area contributed by atoms with Crippen LogP contribution < -0.4 is 4.90 Å². The Bertz CT molecular complexity index is 955. The third kappa shape index (κ3) is 2.19. The fourth-order valence-corrected chi connectivity index (χ4v) is 3.68.